The molecule has 0 aromatic heterocycles. The van der Waals surface area contributed by atoms with Gasteiger partial charge in [0, 0.05) is 18.6 Å². The van der Waals surface area contributed by atoms with Crippen LogP contribution in [0.1, 0.15) is 35.4 Å². The van der Waals surface area contributed by atoms with Gasteiger partial charge in [0.1, 0.15) is 6.10 Å². The highest BCUT2D eigenvalue weighted by molar-refractivity contribution is 5.90. The van der Waals surface area contributed by atoms with Gasteiger partial charge >= 0.3 is 5.97 Å². The van der Waals surface area contributed by atoms with E-state index in [2.05, 4.69) is 0 Å². The molecule has 0 bridgehead atoms. The molecule has 2 aromatic rings. The number of carbonyl (C=O) groups excluding carboxylic acids is 1. The van der Waals surface area contributed by atoms with Crippen molar-refractivity contribution in [1.29, 1.82) is 0 Å². The van der Waals surface area contributed by atoms with Crippen LogP contribution < -0.4 is 9.47 Å². The third-order valence-corrected chi connectivity index (χ3v) is 3.82. The number of hydrogen-bond acceptors (Lipinski definition) is 6. The van der Waals surface area contributed by atoms with Gasteiger partial charge in [0.2, 0.25) is 0 Å². The predicted molar refractivity (Wildman–Crippen MR) is 89.0 cm³/mol. The molecule has 0 N–H and O–H groups in total. The quantitative estimate of drug-likeness (QED) is 0.478. The zero-order valence-corrected chi connectivity index (χ0v) is 13.6. The molecule has 130 valence electrons. The molecule has 1 aliphatic heterocycles. The topological polar surface area (TPSA) is 87.9 Å². The minimum atomic E-state index is -0.622. The van der Waals surface area contributed by atoms with Gasteiger partial charge in [-0.3, -0.25) is 10.1 Å². The zero-order valence-electron chi connectivity index (χ0n) is 13.6. The summed E-state index contributed by atoms with van der Waals surface area (Å²) in [6.07, 6.45) is 0.154. The normalized spacial score (nSPS) is 14.3. The molecule has 7 heteroatoms. The molecule has 2 aromatic carbocycles. The van der Waals surface area contributed by atoms with Gasteiger partial charge < -0.3 is 14.2 Å². The maximum Gasteiger partial charge on any atom is 0.338 e. The van der Waals surface area contributed by atoms with Crippen molar-refractivity contribution in [3.05, 3.63) is 63.7 Å². The van der Waals surface area contributed by atoms with Crippen LogP contribution in [0.25, 0.3) is 0 Å². The van der Waals surface area contributed by atoms with E-state index < -0.39 is 17.0 Å². The van der Waals surface area contributed by atoms with Gasteiger partial charge in [-0.1, -0.05) is 12.1 Å². The number of nitrogens with zero attached hydrogens (tertiary/aromatic N) is 1. The van der Waals surface area contributed by atoms with E-state index in [1.165, 1.54) is 12.1 Å². The lowest BCUT2D eigenvalue weighted by Crippen LogP contribution is -2.10. The Kier molecular flexibility index (Phi) is 4.83. The predicted octanol–water partition coefficient (Wildman–Crippen LogP) is 3.67. The van der Waals surface area contributed by atoms with Crippen molar-refractivity contribution in [3.8, 4) is 11.5 Å². The van der Waals surface area contributed by atoms with Crippen molar-refractivity contribution in [2.45, 2.75) is 19.4 Å². The molecular weight excluding hydrogens is 326 g/mol. The zero-order chi connectivity index (χ0) is 17.8. The molecule has 0 fully saturated rings. The molecule has 0 saturated heterocycles. The van der Waals surface area contributed by atoms with E-state index >= 15 is 0 Å². The Morgan fingerprint density at radius 1 is 1.16 bits per heavy atom. The molecule has 7 nitrogen and oxygen atoms in total. The van der Waals surface area contributed by atoms with Gasteiger partial charge in [0.15, 0.2) is 11.5 Å². The van der Waals surface area contributed by atoms with Crippen molar-refractivity contribution in [1.82, 2.24) is 0 Å². The number of hydrogen-bond donors (Lipinski definition) is 0. The van der Waals surface area contributed by atoms with Crippen molar-refractivity contribution in [2.24, 2.45) is 0 Å². The molecule has 0 aliphatic carbocycles. The lowest BCUT2D eigenvalue weighted by molar-refractivity contribution is -0.385. The number of rotatable bonds is 4. The van der Waals surface area contributed by atoms with Crippen LogP contribution in [0, 0.1) is 10.1 Å². The monoisotopic (exact) mass is 343 g/mol. The summed E-state index contributed by atoms with van der Waals surface area (Å²) in [6, 6.07) is 10.9. The second kappa shape index (κ2) is 7.21. The highest BCUT2D eigenvalue weighted by Crippen LogP contribution is 2.31. The largest absolute Gasteiger partial charge is 0.490 e. The number of ether oxygens (including phenoxy) is 3. The van der Waals surface area contributed by atoms with E-state index in [1.807, 2.05) is 0 Å². The van der Waals surface area contributed by atoms with E-state index in [0.717, 1.165) is 6.42 Å². The van der Waals surface area contributed by atoms with Crippen molar-refractivity contribution < 1.29 is 23.9 Å². The summed E-state index contributed by atoms with van der Waals surface area (Å²) in [5.74, 6) is 0.574. The van der Waals surface area contributed by atoms with Crippen LogP contribution >= 0.6 is 0 Å². The Balaban J connectivity index is 1.74. The molecule has 0 saturated carbocycles. The third kappa shape index (κ3) is 3.88. The summed E-state index contributed by atoms with van der Waals surface area (Å²) in [5, 5.41) is 10.9. The smallest absolute Gasteiger partial charge is 0.338 e. The summed E-state index contributed by atoms with van der Waals surface area (Å²) in [6.45, 7) is 2.76. The summed E-state index contributed by atoms with van der Waals surface area (Å²) in [7, 11) is 0. The van der Waals surface area contributed by atoms with E-state index in [9.17, 15) is 14.9 Å². The van der Waals surface area contributed by atoms with Crippen molar-refractivity contribution in [3.63, 3.8) is 0 Å². The van der Waals surface area contributed by atoms with Gasteiger partial charge in [-0.2, -0.15) is 0 Å². The number of carbonyl (C=O) groups is 1. The molecule has 3 rings (SSSR count). The van der Waals surface area contributed by atoms with Crippen LogP contribution in [0.4, 0.5) is 5.69 Å². The fourth-order valence-electron chi connectivity index (χ4n) is 2.48. The fourth-order valence-corrected chi connectivity index (χ4v) is 2.48. The number of fused-ring (bicyclic) bond motifs is 1. The van der Waals surface area contributed by atoms with Crippen LogP contribution in [0.5, 0.6) is 11.5 Å². The minimum Gasteiger partial charge on any atom is -0.490 e. The first-order valence-electron chi connectivity index (χ1n) is 7.89. The second-order valence-electron chi connectivity index (χ2n) is 5.61. The van der Waals surface area contributed by atoms with E-state index in [-0.39, 0.29) is 5.69 Å². The number of esters is 1. The third-order valence-electron chi connectivity index (χ3n) is 3.82. The maximum atomic E-state index is 12.4. The first kappa shape index (κ1) is 16.8. The van der Waals surface area contributed by atoms with Gasteiger partial charge in [-0.25, -0.2) is 4.79 Å². The molecule has 0 spiro atoms. The van der Waals surface area contributed by atoms with E-state index in [0.29, 0.717) is 35.8 Å². The fraction of sp³-hybridized carbons (Fsp3) is 0.278. The summed E-state index contributed by atoms with van der Waals surface area (Å²) in [5.41, 5.74) is 0.842. The van der Waals surface area contributed by atoms with Crippen LogP contribution in [0.2, 0.25) is 0 Å². The Morgan fingerprint density at radius 2 is 1.92 bits per heavy atom. The average molecular weight is 343 g/mol. The Morgan fingerprint density at radius 3 is 2.68 bits per heavy atom. The summed E-state index contributed by atoms with van der Waals surface area (Å²) < 4.78 is 16.5. The molecule has 0 radical (unpaired) electrons. The lowest BCUT2D eigenvalue weighted by Gasteiger charge is -2.14. The lowest BCUT2D eigenvalue weighted by atomic mass is 10.1. The molecule has 1 heterocycles. The molecule has 1 atom stereocenters. The number of benzene rings is 2. The summed E-state index contributed by atoms with van der Waals surface area (Å²) >= 11 is 0. The van der Waals surface area contributed by atoms with Crippen LogP contribution in [-0.2, 0) is 4.74 Å². The van der Waals surface area contributed by atoms with Crippen LogP contribution in [-0.4, -0.2) is 24.1 Å². The van der Waals surface area contributed by atoms with Crippen molar-refractivity contribution in [2.75, 3.05) is 13.2 Å². The van der Waals surface area contributed by atoms with Gasteiger partial charge in [-0.15, -0.1) is 0 Å². The first-order valence-corrected chi connectivity index (χ1v) is 7.89. The summed E-state index contributed by atoms with van der Waals surface area (Å²) in [4.78, 5) is 22.7. The van der Waals surface area contributed by atoms with Gasteiger partial charge in [0.25, 0.3) is 5.69 Å². The standard InChI is InChI=1S/C18H17NO6/c1-12(13-4-2-5-15(10-13)19(21)22)25-18(20)14-6-7-16-17(11-14)24-9-3-8-23-16/h2,4-7,10-12H,3,8-9H2,1H3. The van der Waals surface area contributed by atoms with E-state index in [4.69, 9.17) is 14.2 Å². The molecular formula is C18H17NO6. The Hall–Kier alpha value is -3.09. The second-order valence-corrected chi connectivity index (χ2v) is 5.61. The average Bonchev–Trinajstić information content (AvgIpc) is 2.86. The minimum absolute atomic E-state index is 0.0454. The number of nitro groups is 1. The number of non-ortho nitro benzene ring substituents is 1. The Labute approximate surface area is 144 Å². The van der Waals surface area contributed by atoms with Crippen LogP contribution in [0.3, 0.4) is 0 Å². The molecule has 1 aliphatic rings. The molecule has 0 amide bonds. The van der Waals surface area contributed by atoms with Gasteiger partial charge in [-0.05, 0) is 30.7 Å². The number of nitro benzene ring substituents is 1. The molecule has 25 heavy (non-hydrogen) atoms. The van der Waals surface area contributed by atoms with Gasteiger partial charge in [0.05, 0.1) is 23.7 Å². The van der Waals surface area contributed by atoms with E-state index in [1.54, 1.807) is 37.3 Å². The Bertz CT molecular complexity index is 804. The highest BCUT2D eigenvalue weighted by atomic mass is 16.6. The molecule has 1 unspecified atom stereocenters. The highest BCUT2D eigenvalue weighted by Gasteiger charge is 2.19. The van der Waals surface area contributed by atoms with Crippen LogP contribution in [0.15, 0.2) is 42.5 Å². The SMILES string of the molecule is CC(OC(=O)c1ccc2c(c1)OCCCO2)c1cccc([N+](=O)[O-])c1. The maximum absolute atomic E-state index is 12.4. The van der Waals surface area contributed by atoms with Crippen molar-refractivity contribution >= 4 is 11.7 Å². The first-order chi connectivity index (χ1) is 12.0.